The standard InChI is InChI=1S/C21H33N3O2S/c1-17(19-8-5-15-27-19)22-20(25)16-23-11-13-24(14-12-23)21(26)10-9-18-6-3-2-4-7-18/h5,8,15,17-18H,2-4,6-7,9-14,16H2,1H3,(H,22,25). The summed E-state index contributed by atoms with van der Waals surface area (Å²) in [6.45, 7) is 5.51. The van der Waals surface area contributed by atoms with Gasteiger partial charge >= 0.3 is 0 Å². The summed E-state index contributed by atoms with van der Waals surface area (Å²) in [5, 5.41) is 5.10. The second-order valence-corrected chi connectivity index (χ2v) is 8.98. The Morgan fingerprint density at radius 1 is 1.19 bits per heavy atom. The highest BCUT2D eigenvalue weighted by Crippen LogP contribution is 2.27. The largest absolute Gasteiger partial charge is 0.348 e. The third-order valence-electron chi connectivity index (χ3n) is 5.93. The number of hydrogen-bond donors (Lipinski definition) is 1. The minimum absolute atomic E-state index is 0.0557. The number of carbonyl (C=O) groups is 2. The molecule has 2 fully saturated rings. The second-order valence-electron chi connectivity index (χ2n) is 8.00. The number of amides is 2. The zero-order valence-corrected chi connectivity index (χ0v) is 17.3. The van der Waals surface area contributed by atoms with Crippen LogP contribution in [0.2, 0.25) is 0 Å². The predicted octanol–water partition coefficient (Wildman–Crippen LogP) is 3.43. The molecule has 2 heterocycles. The second kappa shape index (κ2) is 10.2. The number of nitrogens with zero attached hydrogens (tertiary/aromatic N) is 2. The zero-order valence-electron chi connectivity index (χ0n) is 16.5. The van der Waals surface area contributed by atoms with Gasteiger partial charge in [-0.05, 0) is 30.7 Å². The lowest BCUT2D eigenvalue weighted by Crippen LogP contribution is -2.51. The van der Waals surface area contributed by atoms with Crippen LogP contribution in [0.5, 0.6) is 0 Å². The summed E-state index contributed by atoms with van der Waals surface area (Å²) in [6.07, 6.45) is 8.41. The average molecular weight is 392 g/mol. The molecule has 150 valence electrons. The van der Waals surface area contributed by atoms with Crippen LogP contribution in [0, 0.1) is 5.92 Å². The fourth-order valence-corrected chi connectivity index (χ4v) is 4.95. The Morgan fingerprint density at radius 2 is 1.93 bits per heavy atom. The van der Waals surface area contributed by atoms with Crippen LogP contribution >= 0.6 is 11.3 Å². The SMILES string of the molecule is CC(NC(=O)CN1CCN(C(=O)CCC2CCCCC2)CC1)c1cccs1. The fourth-order valence-electron chi connectivity index (χ4n) is 4.22. The van der Waals surface area contributed by atoms with E-state index in [1.165, 1.54) is 37.0 Å². The molecule has 27 heavy (non-hydrogen) atoms. The van der Waals surface area contributed by atoms with Crippen LogP contribution in [0.1, 0.15) is 62.8 Å². The van der Waals surface area contributed by atoms with E-state index in [1.54, 1.807) is 11.3 Å². The number of hydrogen-bond acceptors (Lipinski definition) is 4. The maximum Gasteiger partial charge on any atom is 0.234 e. The number of thiophene rings is 1. The van der Waals surface area contributed by atoms with E-state index in [4.69, 9.17) is 0 Å². The molecule has 0 spiro atoms. The van der Waals surface area contributed by atoms with Crippen molar-refractivity contribution < 1.29 is 9.59 Å². The van der Waals surface area contributed by atoms with Crippen LogP contribution in [0.3, 0.4) is 0 Å². The summed E-state index contributed by atoms with van der Waals surface area (Å²) in [7, 11) is 0. The fraction of sp³-hybridized carbons (Fsp3) is 0.714. The normalized spacial score (nSPS) is 20.4. The van der Waals surface area contributed by atoms with E-state index in [-0.39, 0.29) is 11.9 Å². The molecule has 1 saturated carbocycles. The molecule has 6 heteroatoms. The zero-order chi connectivity index (χ0) is 19.1. The van der Waals surface area contributed by atoms with E-state index in [9.17, 15) is 9.59 Å². The summed E-state index contributed by atoms with van der Waals surface area (Å²) in [5.74, 6) is 1.13. The molecular weight excluding hydrogens is 358 g/mol. The van der Waals surface area contributed by atoms with Crippen molar-refractivity contribution in [2.45, 2.75) is 57.9 Å². The van der Waals surface area contributed by atoms with Crippen LogP contribution in [-0.4, -0.2) is 54.3 Å². The van der Waals surface area contributed by atoms with E-state index >= 15 is 0 Å². The molecule has 1 aromatic heterocycles. The highest BCUT2D eigenvalue weighted by atomic mass is 32.1. The third-order valence-corrected chi connectivity index (χ3v) is 6.99. The third kappa shape index (κ3) is 6.32. The molecule has 1 N–H and O–H groups in total. The monoisotopic (exact) mass is 391 g/mol. The van der Waals surface area contributed by atoms with Crippen LogP contribution < -0.4 is 5.32 Å². The predicted molar refractivity (Wildman–Crippen MR) is 110 cm³/mol. The number of piperazine rings is 1. The molecule has 1 saturated heterocycles. The van der Waals surface area contributed by atoms with Gasteiger partial charge in [0.2, 0.25) is 11.8 Å². The first-order chi connectivity index (χ1) is 13.1. The minimum atomic E-state index is 0.0557. The molecule has 0 bridgehead atoms. The van der Waals surface area contributed by atoms with Gasteiger partial charge in [0.15, 0.2) is 0 Å². The van der Waals surface area contributed by atoms with Crippen molar-refractivity contribution in [1.29, 1.82) is 0 Å². The molecule has 1 unspecified atom stereocenters. The van der Waals surface area contributed by atoms with Gasteiger partial charge in [0, 0.05) is 37.5 Å². The van der Waals surface area contributed by atoms with Gasteiger partial charge < -0.3 is 10.2 Å². The molecule has 1 aromatic rings. The average Bonchev–Trinajstić information content (AvgIpc) is 3.22. The van der Waals surface area contributed by atoms with Crippen molar-refractivity contribution in [3.63, 3.8) is 0 Å². The maximum atomic E-state index is 12.5. The number of carbonyl (C=O) groups excluding carboxylic acids is 2. The van der Waals surface area contributed by atoms with Gasteiger partial charge in [0.05, 0.1) is 12.6 Å². The van der Waals surface area contributed by atoms with Gasteiger partial charge in [-0.3, -0.25) is 14.5 Å². The Bertz CT molecular complexity index is 591. The summed E-state index contributed by atoms with van der Waals surface area (Å²) < 4.78 is 0. The van der Waals surface area contributed by atoms with Crippen molar-refractivity contribution in [2.24, 2.45) is 5.92 Å². The van der Waals surface area contributed by atoms with Crippen LogP contribution in [0.15, 0.2) is 17.5 Å². The molecule has 2 aliphatic rings. The molecular formula is C21H33N3O2S. The van der Waals surface area contributed by atoms with Crippen molar-refractivity contribution in [3.8, 4) is 0 Å². The Hall–Kier alpha value is -1.40. The first-order valence-corrected chi connectivity index (χ1v) is 11.3. The molecule has 1 atom stereocenters. The van der Waals surface area contributed by atoms with Crippen LogP contribution in [-0.2, 0) is 9.59 Å². The van der Waals surface area contributed by atoms with Crippen LogP contribution in [0.25, 0.3) is 0 Å². The molecule has 0 aromatic carbocycles. The van der Waals surface area contributed by atoms with E-state index in [0.717, 1.165) is 38.5 Å². The van der Waals surface area contributed by atoms with Gasteiger partial charge in [-0.2, -0.15) is 0 Å². The smallest absolute Gasteiger partial charge is 0.234 e. The summed E-state index contributed by atoms with van der Waals surface area (Å²) in [5.41, 5.74) is 0. The Morgan fingerprint density at radius 3 is 2.59 bits per heavy atom. The molecule has 1 aliphatic carbocycles. The van der Waals surface area contributed by atoms with E-state index in [0.29, 0.717) is 18.9 Å². The molecule has 2 amide bonds. The Kier molecular flexibility index (Phi) is 7.70. The van der Waals surface area contributed by atoms with Gasteiger partial charge in [-0.25, -0.2) is 0 Å². The maximum absolute atomic E-state index is 12.5. The lowest BCUT2D eigenvalue weighted by Gasteiger charge is -2.35. The van der Waals surface area contributed by atoms with E-state index in [1.807, 2.05) is 29.3 Å². The molecule has 1 aliphatic heterocycles. The number of rotatable bonds is 7. The van der Waals surface area contributed by atoms with Gasteiger partial charge in [0.1, 0.15) is 0 Å². The highest BCUT2D eigenvalue weighted by Gasteiger charge is 2.24. The first-order valence-electron chi connectivity index (χ1n) is 10.4. The highest BCUT2D eigenvalue weighted by molar-refractivity contribution is 7.10. The first kappa shape index (κ1) is 20.3. The van der Waals surface area contributed by atoms with Gasteiger partial charge in [0.25, 0.3) is 0 Å². The van der Waals surface area contributed by atoms with E-state index in [2.05, 4.69) is 10.2 Å². The Labute approximate surface area is 167 Å². The summed E-state index contributed by atoms with van der Waals surface area (Å²) in [6, 6.07) is 4.11. The lowest BCUT2D eigenvalue weighted by atomic mass is 9.86. The van der Waals surface area contributed by atoms with Gasteiger partial charge in [-0.15, -0.1) is 11.3 Å². The van der Waals surface area contributed by atoms with Crippen LogP contribution in [0.4, 0.5) is 0 Å². The Balaban J connectivity index is 1.33. The van der Waals surface area contributed by atoms with Crippen molar-refractivity contribution >= 4 is 23.2 Å². The minimum Gasteiger partial charge on any atom is -0.348 e. The van der Waals surface area contributed by atoms with Crippen molar-refractivity contribution in [2.75, 3.05) is 32.7 Å². The molecule has 3 rings (SSSR count). The summed E-state index contributed by atoms with van der Waals surface area (Å²) in [4.78, 5) is 30.1. The quantitative estimate of drug-likeness (QED) is 0.775. The summed E-state index contributed by atoms with van der Waals surface area (Å²) >= 11 is 1.66. The molecule has 5 nitrogen and oxygen atoms in total. The van der Waals surface area contributed by atoms with Crippen molar-refractivity contribution in [1.82, 2.24) is 15.1 Å². The van der Waals surface area contributed by atoms with Gasteiger partial charge in [-0.1, -0.05) is 38.2 Å². The van der Waals surface area contributed by atoms with Crippen molar-refractivity contribution in [3.05, 3.63) is 22.4 Å². The topological polar surface area (TPSA) is 52.7 Å². The molecule has 0 radical (unpaired) electrons. The lowest BCUT2D eigenvalue weighted by molar-refractivity contribution is -0.133. The van der Waals surface area contributed by atoms with E-state index < -0.39 is 0 Å². The number of nitrogens with one attached hydrogen (secondary N) is 1.